The van der Waals surface area contributed by atoms with Gasteiger partial charge >= 0.3 is 0 Å². The number of rotatable bonds is 10. The summed E-state index contributed by atoms with van der Waals surface area (Å²) in [5.41, 5.74) is 2.65. The molecule has 0 atom stereocenters. The van der Waals surface area contributed by atoms with Gasteiger partial charge in [0, 0.05) is 32.6 Å². The first-order chi connectivity index (χ1) is 14.3. The Balaban J connectivity index is 1.50. The van der Waals surface area contributed by atoms with Crippen LogP contribution in [-0.4, -0.2) is 56.8 Å². The maximum Gasteiger partial charge on any atom is 0.191 e. The molecule has 6 nitrogen and oxygen atoms in total. The van der Waals surface area contributed by atoms with E-state index in [2.05, 4.69) is 46.7 Å². The van der Waals surface area contributed by atoms with Gasteiger partial charge < -0.3 is 19.8 Å². The molecule has 0 spiro atoms. The van der Waals surface area contributed by atoms with Gasteiger partial charge in [-0.1, -0.05) is 31.2 Å². The van der Waals surface area contributed by atoms with Gasteiger partial charge in [0.1, 0.15) is 5.76 Å². The van der Waals surface area contributed by atoms with Gasteiger partial charge in [0.25, 0.3) is 0 Å². The van der Waals surface area contributed by atoms with Crippen LogP contribution in [0.15, 0.2) is 52.1 Å². The zero-order chi connectivity index (χ0) is 20.2. The van der Waals surface area contributed by atoms with E-state index in [1.54, 1.807) is 6.26 Å². The van der Waals surface area contributed by atoms with Gasteiger partial charge in [0.15, 0.2) is 5.96 Å². The molecule has 158 valence electrons. The third-order valence-electron chi connectivity index (χ3n) is 5.20. The second kappa shape index (κ2) is 12.3. The monoisotopic (exact) mass is 398 g/mol. The highest BCUT2D eigenvalue weighted by atomic mass is 16.5. The molecule has 1 aromatic heterocycles. The average molecular weight is 399 g/mol. The van der Waals surface area contributed by atoms with Crippen molar-refractivity contribution >= 4 is 5.96 Å². The normalized spacial score (nSPS) is 15.4. The van der Waals surface area contributed by atoms with Crippen LogP contribution < -0.4 is 10.6 Å². The third kappa shape index (κ3) is 7.55. The number of nitrogens with zero attached hydrogens (tertiary/aromatic N) is 2. The molecule has 1 aromatic carbocycles. The van der Waals surface area contributed by atoms with E-state index in [1.807, 2.05) is 12.1 Å². The van der Waals surface area contributed by atoms with Crippen molar-refractivity contribution in [2.45, 2.75) is 32.7 Å². The van der Waals surface area contributed by atoms with Crippen LogP contribution in [0, 0.1) is 0 Å². The number of guanidine groups is 1. The Morgan fingerprint density at radius 3 is 2.59 bits per heavy atom. The minimum atomic E-state index is 0.684. The van der Waals surface area contributed by atoms with Crippen LogP contribution in [0.5, 0.6) is 0 Å². The minimum Gasteiger partial charge on any atom is -0.469 e. The van der Waals surface area contributed by atoms with Crippen LogP contribution in [0.4, 0.5) is 0 Å². The fourth-order valence-corrected chi connectivity index (χ4v) is 3.49. The van der Waals surface area contributed by atoms with Crippen molar-refractivity contribution < 1.29 is 9.15 Å². The van der Waals surface area contributed by atoms with Crippen LogP contribution in [0.3, 0.4) is 0 Å². The van der Waals surface area contributed by atoms with Gasteiger partial charge in [-0.2, -0.15) is 0 Å². The van der Waals surface area contributed by atoms with Crippen LogP contribution in [0.25, 0.3) is 0 Å². The molecule has 0 bridgehead atoms. The predicted molar refractivity (Wildman–Crippen MR) is 117 cm³/mol. The summed E-state index contributed by atoms with van der Waals surface area (Å²) in [6, 6.07) is 12.5. The summed E-state index contributed by atoms with van der Waals surface area (Å²) in [6.07, 6.45) is 4.67. The number of ether oxygens (including phenoxy) is 1. The molecule has 2 aromatic rings. The van der Waals surface area contributed by atoms with E-state index in [4.69, 9.17) is 14.1 Å². The average Bonchev–Trinajstić information content (AvgIpc) is 3.29. The SMILES string of the molecule is CCc1ccccc1CN=C(NCCCN1CCOCC1)NCCc1ccco1. The number of hydrogen-bond acceptors (Lipinski definition) is 4. The lowest BCUT2D eigenvalue weighted by Gasteiger charge is -2.26. The highest BCUT2D eigenvalue weighted by Gasteiger charge is 2.09. The summed E-state index contributed by atoms with van der Waals surface area (Å²) in [4.78, 5) is 7.30. The second-order valence-electron chi connectivity index (χ2n) is 7.28. The van der Waals surface area contributed by atoms with E-state index in [-0.39, 0.29) is 0 Å². The van der Waals surface area contributed by atoms with Crippen molar-refractivity contribution in [1.29, 1.82) is 0 Å². The summed E-state index contributed by atoms with van der Waals surface area (Å²) in [5.74, 6) is 1.85. The molecule has 1 fully saturated rings. The Kier molecular flexibility index (Phi) is 9.07. The summed E-state index contributed by atoms with van der Waals surface area (Å²) in [6.45, 7) is 9.44. The molecule has 6 heteroatoms. The molecule has 2 heterocycles. The summed E-state index contributed by atoms with van der Waals surface area (Å²) >= 11 is 0. The zero-order valence-electron chi connectivity index (χ0n) is 17.5. The first-order valence-corrected chi connectivity index (χ1v) is 10.8. The first-order valence-electron chi connectivity index (χ1n) is 10.8. The third-order valence-corrected chi connectivity index (χ3v) is 5.20. The molecule has 29 heavy (non-hydrogen) atoms. The van der Waals surface area contributed by atoms with E-state index >= 15 is 0 Å². The van der Waals surface area contributed by atoms with Crippen LogP contribution in [-0.2, 0) is 24.1 Å². The van der Waals surface area contributed by atoms with Crippen molar-refractivity contribution in [1.82, 2.24) is 15.5 Å². The molecule has 0 saturated carbocycles. The van der Waals surface area contributed by atoms with Crippen LogP contribution in [0.1, 0.15) is 30.2 Å². The number of nitrogens with one attached hydrogen (secondary N) is 2. The molecule has 1 aliphatic rings. The number of morpholine rings is 1. The van der Waals surface area contributed by atoms with Crippen LogP contribution in [0.2, 0.25) is 0 Å². The molecule has 0 amide bonds. The Morgan fingerprint density at radius 2 is 1.83 bits per heavy atom. The molecule has 3 rings (SSSR count). The number of aliphatic imine (C=N–C) groups is 1. The number of furan rings is 1. The van der Waals surface area contributed by atoms with Crippen molar-refractivity contribution in [2.24, 2.45) is 4.99 Å². The molecular weight excluding hydrogens is 364 g/mol. The maximum atomic E-state index is 5.42. The lowest BCUT2D eigenvalue weighted by Crippen LogP contribution is -2.41. The van der Waals surface area contributed by atoms with E-state index in [0.29, 0.717) is 6.54 Å². The molecule has 0 radical (unpaired) electrons. The highest BCUT2D eigenvalue weighted by molar-refractivity contribution is 5.79. The van der Waals surface area contributed by atoms with E-state index in [9.17, 15) is 0 Å². The van der Waals surface area contributed by atoms with Crippen molar-refractivity contribution in [3.63, 3.8) is 0 Å². The Bertz CT molecular complexity index is 724. The number of hydrogen-bond donors (Lipinski definition) is 2. The Labute approximate surface area is 174 Å². The maximum absolute atomic E-state index is 5.42. The first kappa shape index (κ1) is 21.4. The molecule has 0 aliphatic carbocycles. The van der Waals surface area contributed by atoms with Gasteiger partial charge in [-0.25, -0.2) is 4.99 Å². The van der Waals surface area contributed by atoms with E-state index in [0.717, 1.165) is 76.9 Å². The second-order valence-corrected chi connectivity index (χ2v) is 7.28. The predicted octanol–water partition coefficient (Wildman–Crippen LogP) is 2.84. The molecule has 1 saturated heterocycles. The summed E-state index contributed by atoms with van der Waals surface area (Å²) in [5, 5.41) is 6.95. The molecular formula is C23H34N4O2. The van der Waals surface area contributed by atoms with Gasteiger partial charge in [-0.3, -0.25) is 4.90 Å². The lowest BCUT2D eigenvalue weighted by atomic mass is 10.1. The van der Waals surface area contributed by atoms with Crippen molar-refractivity contribution in [3.8, 4) is 0 Å². The Hall–Kier alpha value is -2.31. The summed E-state index contributed by atoms with van der Waals surface area (Å²) < 4.78 is 10.8. The van der Waals surface area contributed by atoms with Gasteiger partial charge in [-0.15, -0.1) is 0 Å². The summed E-state index contributed by atoms with van der Waals surface area (Å²) in [7, 11) is 0. The molecule has 2 N–H and O–H groups in total. The minimum absolute atomic E-state index is 0.684. The topological polar surface area (TPSA) is 62.0 Å². The molecule has 1 aliphatic heterocycles. The zero-order valence-corrected chi connectivity index (χ0v) is 17.5. The number of benzene rings is 1. The van der Waals surface area contributed by atoms with E-state index < -0.39 is 0 Å². The highest BCUT2D eigenvalue weighted by Crippen LogP contribution is 2.10. The van der Waals surface area contributed by atoms with Crippen LogP contribution >= 0.6 is 0 Å². The van der Waals surface area contributed by atoms with Crippen molar-refractivity contribution in [3.05, 3.63) is 59.5 Å². The lowest BCUT2D eigenvalue weighted by molar-refractivity contribution is 0.0376. The fraction of sp³-hybridized carbons (Fsp3) is 0.522. The van der Waals surface area contributed by atoms with Gasteiger partial charge in [0.2, 0.25) is 0 Å². The molecule has 0 unspecified atom stereocenters. The quantitative estimate of drug-likeness (QED) is 0.366. The standard InChI is InChI=1S/C23H34N4O2/c1-2-20-7-3-4-8-21(20)19-26-23(25-12-10-22-9-5-16-29-22)24-11-6-13-27-14-17-28-18-15-27/h3-5,7-9,16H,2,6,10-15,17-19H2,1H3,(H2,24,25,26). The van der Waals surface area contributed by atoms with Crippen molar-refractivity contribution in [2.75, 3.05) is 45.9 Å². The fourth-order valence-electron chi connectivity index (χ4n) is 3.49. The van der Waals surface area contributed by atoms with E-state index in [1.165, 1.54) is 11.1 Å². The smallest absolute Gasteiger partial charge is 0.191 e. The van der Waals surface area contributed by atoms with Gasteiger partial charge in [0.05, 0.1) is 26.0 Å². The Morgan fingerprint density at radius 1 is 1.03 bits per heavy atom. The number of aryl methyl sites for hydroxylation is 1. The van der Waals surface area contributed by atoms with Gasteiger partial charge in [-0.05, 0) is 42.6 Å². The largest absolute Gasteiger partial charge is 0.469 e.